The molecule has 0 unspecified atom stereocenters. The van der Waals surface area contributed by atoms with Crippen molar-refractivity contribution in [3.8, 4) is 0 Å². The van der Waals surface area contributed by atoms with Gasteiger partial charge in [0.15, 0.2) is 0 Å². The summed E-state index contributed by atoms with van der Waals surface area (Å²) in [7, 11) is 0. The fraction of sp³-hybridized carbons (Fsp3) is 0.700. The normalized spacial score (nSPS) is 37.1. The van der Waals surface area contributed by atoms with Gasteiger partial charge in [-0.1, -0.05) is 0 Å². The lowest BCUT2D eigenvalue weighted by molar-refractivity contribution is -0.113. The van der Waals surface area contributed by atoms with Gasteiger partial charge in [-0.25, -0.2) is 0 Å². The zero-order valence-corrected chi connectivity index (χ0v) is 7.75. The van der Waals surface area contributed by atoms with E-state index in [-0.39, 0.29) is 5.91 Å². The van der Waals surface area contributed by atoms with Crippen LogP contribution in [0.25, 0.3) is 0 Å². The molecule has 2 rings (SSSR count). The van der Waals surface area contributed by atoms with Crippen LogP contribution in [0.3, 0.4) is 0 Å². The molecular weight excluding hydrogens is 164 g/mol. The van der Waals surface area contributed by atoms with Gasteiger partial charge in [0, 0.05) is 17.8 Å². The Bertz CT molecular complexity index is 239. The first-order valence-corrected chi connectivity index (χ1v) is 4.94. The summed E-state index contributed by atoms with van der Waals surface area (Å²) in [4.78, 5) is 10.5. The van der Waals surface area contributed by atoms with Crippen molar-refractivity contribution in [1.29, 1.82) is 0 Å². The summed E-state index contributed by atoms with van der Waals surface area (Å²) in [6, 6.07) is 0. The summed E-state index contributed by atoms with van der Waals surface area (Å²) < 4.78 is 0. The highest BCUT2D eigenvalue weighted by Gasteiger charge is 2.43. The molecule has 0 atom stereocenters. The van der Waals surface area contributed by atoms with Crippen LogP contribution in [-0.4, -0.2) is 11.4 Å². The minimum atomic E-state index is -0.378. The van der Waals surface area contributed by atoms with Gasteiger partial charge in [0.05, 0.1) is 0 Å². The van der Waals surface area contributed by atoms with E-state index in [1.54, 1.807) is 6.20 Å². The molecule has 0 aliphatic heterocycles. The second-order valence-electron chi connectivity index (χ2n) is 4.31. The lowest BCUT2D eigenvalue weighted by Crippen LogP contribution is -2.37. The molecule has 2 fully saturated rings. The Morgan fingerprint density at radius 2 is 2.15 bits per heavy atom. The molecule has 3 nitrogen and oxygen atoms in total. The molecule has 13 heavy (non-hydrogen) atoms. The summed E-state index contributed by atoms with van der Waals surface area (Å²) in [6.07, 6.45) is 9.59. The van der Waals surface area contributed by atoms with Crippen LogP contribution in [0.4, 0.5) is 0 Å². The predicted octanol–water partition coefficient (Wildman–Crippen LogP) is 0.908. The summed E-state index contributed by atoms with van der Waals surface area (Å²) in [6.45, 7) is 0. The topological polar surface area (TPSA) is 55.1 Å². The molecule has 2 aliphatic carbocycles. The number of primary amides is 1. The van der Waals surface area contributed by atoms with E-state index in [2.05, 4.69) is 5.32 Å². The zero-order chi connectivity index (χ0) is 9.31. The van der Waals surface area contributed by atoms with Crippen molar-refractivity contribution in [2.45, 2.75) is 37.6 Å². The molecule has 72 valence electrons. The molecule has 0 radical (unpaired) electrons. The van der Waals surface area contributed by atoms with Gasteiger partial charge in [0.25, 0.3) is 0 Å². The van der Waals surface area contributed by atoms with Crippen LogP contribution in [0.1, 0.15) is 32.1 Å². The maximum atomic E-state index is 10.5. The lowest BCUT2D eigenvalue weighted by atomic mass is 9.94. The van der Waals surface area contributed by atoms with E-state index in [1.807, 2.05) is 0 Å². The third-order valence-corrected chi connectivity index (χ3v) is 3.38. The van der Waals surface area contributed by atoms with Crippen LogP contribution in [0.15, 0.2) is 12.3 Å². The SMILES string of the molecule is NC(=O)C=CNC12CCC(CC1)C2. The van der Waals surface area contributed by atoms with Gasteiger partial charge in [0.2, 0.25) is 5.91 Å². The molecule has 0 spiro atoms. The van der Waals surface area contributed by atoms with Crippen molar-refractivity contribution in [3.63, 3.8) is 0 Å². The van der Waals surface area contributed by atoms with E-state index in [0.717, 1.165) is 5.92 Å². The Kier molecular flexibility index (Phi) is 2.02. The number of nitrogens with one attached hydrogen (secondary N) is 1. The standard InChI is InChI=1S/C10H16N2O/c11-9(13)3-6-12-10-4-1-8(7-10)2-5-10/h3,6,8,12H,1-2,4-5,7H2,(H2,11,13). The maximum Gasteiger partial charge on any atom is 0.242 e. The molecule has 2 saturated carbocycles. The van der Waals surface area contributed by atoms with Crippen LogP contribution in [-0.2, 0) is 4.79 Å². The predicted molar refractivity (Wildman–Crippen MR) is 50.8 cm³/mol. The minimum absolute atomic E-state index is 0.302. The van der Waals surface area contributed by atoms with E-state index in [9.17, 15) is 4.79 Å². The molecule has 0 aromatic heterocycles. The van der Waals surface area contributed by atoms with Crippen molar-refractivity contribution in [1.82, 2.24) is 5.32 Å². The van der Waals surface area contributed by atoms with Gasteiger partial charge in [-0.05, 0) is 38.0 Å². The average Bonchev–Trinajstić information content (AvgIpc) is 2.62. The second kappa shape index (κ2) is 3.05. The fourth-order valence-corrected chi connectivity index (χ4v) is 2.69. The average molecular weight is 180 g/mol. The highest BCUT2D eigenvalue weighted by molar-refractivity contribution is 5.85. The van der Waals surface area contributed by atoms with Crippen LogP contribution in [0.5, 0.6) is 0 Å². The number of carbonyl (C=O) groups excluding carboxylic acids is 1. The molecule has 0 saturated heterocycles. The molecular formula is C10H16N2O. The summed E-state index contributed by atoms with van der Waals surface area (Å²) in [5.41, 5.74) is 5.31. The highest BCUT2D eigenvalue weighted by Crippen LogP contribution is 2.47. The first kappa shape index (κ1) is 8.60. The number of fused-ring (bicyclic) bond motifs is 2. The number of amides is 1. The minimum Gasteiger partial charge on any atom is -0.385 e. The Hall–Kier alpha value is -0.990. The van der Waals surface area contributed by atoms with Gasteiger partial charge in [-0.15, -0.1) is 0 Å². The van der Waals surface area contributed by atoms with E-state index in [1.165, 1.54) is 38.2 Å². The summed E-state index contributed by atoms with van der Waals surface area (Å²) in [5.74, 6) is 0.547. The Morgan fingerprint density at radius 3 is 2.62 bits per heavy atom. The smallest absolute Gasteiger partial charge is 0.242 e. The Labute approximate surface area is 78.4 Å². The highest BCUT2D eigenvalue weighted by atomic mass is 16.1. The first-order chi connectivity index (χ1) is 6.20. The molecule has 3 heteroatoms. The van der Waals surface area contributed by atoms with Gasteiger partial charge in [-0.3, -0.25) is 4.79 Å². The number of hydrogen-bond donors (Lipinski definition) is 2. The van der Waals surface area contributed by atoms with Crippen LogP contribution in [0.2, 0.25) is 0 Å². The van der Waals surface area contributed by atoms with Crippen LogP contribution < -0.4 is 11.1 Å². The number of rotatable bonds is 3. The molecule has 1 amide bonds. The Morgan fingerprint density at radius 1 is 1.46 bits per heavy atom. The Balaban J connectivity index is 1.90. The molecule has 2 aliphatic rings. The van der Waals surface area contributed by atoms with Crippen molar-refractivity contribution in [3.05, 3.63) is 12.3 Å². The molecule has 2 bridgehead atoms. The van der Waals surface area contributed by atoms with Crippen molar-refractivity contribution < 1.29 is 4.79 Å². The second-order valence-corrected chi connectivity index (χ2v) is 4.31. The first-order valence-electron chi connectivity index (χ1n) is 4.94. The van der Waals surface area contributed by atoms with Crippen molar-refractivity contribution in [2.75, 3.05) is 0 Å². The van der Waals surface area contributed by atoms with E-state index in [0.29, 0.717) is 5.54 Å². The van der Waals surface area contributed by atoms with Crippen molar-refractivity contribution in [2.24, 2.45) is 11.7 Å². The largest absolute Gasteiger partial charge is 0.385 e. The fourth-order valence-electron chi connectivity index (χ4n) is 2.69. The maximum absolute atomic E-state index is 10.5. The number of carbonyl (C=O) groups is 1. The van der Waals surface area contributed by atoms with Gasteiger partial charge >= 0.3 is 0 Å². The van der Waals surface area contributed by atoms with Gasteiger partial charge in [0.1, 0.15) is 0 Å². The number of nitrogens with two attached hydrogens (primary N) is 1. The zero-order valence-electron chi connectivity index (χ0n) is 7.75. The van der Waals surface area contributed by atoms with Gasteiger partial charge in [-0.2, -0.15) is 0 Å². The molecule has 0 heterocycles. The van der Waals surface area contributed by atoms with Crippen LogP contribution in [0, 0.1) is 5.92 Å². The van der Waals surface area contributed by atoms with E-state index in [4.69, 9.17) is 5.73 Å². The molecule has 0 aromatic rings. The van der Waals surface area contributed by atoms with Crippen molar-refractivity contribution >= 4 is 5.91 Å². The third kappa shape index (κ3) is 1.69. The summed E-state index contributed by atoms with van der Waals surface area (Å²) in [5, 5.41) is 3.34. The van der Waals surface area contributed by atoms with E-state index >= 15 is 0 Å². The van der Waals surface area contributed by atoms with Gasteiger partial charge < -0.3 is 11.1 Å². The lowest BCUT2D eigenvalue weighted by Gasteiger charge is -2.26. The molecule has 3 N–H and O–H groups in total. The van der Waals surface area contributed by atoms with Crippen LogP contribution >= 0.6 is 0 Å². The third-order valence-electron chi connectivity index (χ3n) is 3.38. The quantitative estimate of drug-likeness (QED) is 0.634. The number of hydrogen-bond acceptors (Lipinski definition) is 2. The molecule has 0 aromatic carbocycles. The monoisotopic (exact) mass is 180 g/mol. The summed E-state index contributed by atoms with van der Waals surface area (Å²) >= 11 is 0. The van der Waals surface area contributed by atoms with E-state index < -0.39 is 0 Å².